The Morgan fingerprint density at radius 1 is 1.38 bits per heavy atom. The van der Waals surface area contributed by atoms with Crippen molar-refractivity contribution >= 4 is 22.9 Å². The van der Waals surface area contributed by atoms with E-state index in [1.807, 2.05) is 18.3 Å². The van der Waals surface area contributed by atoms with Crippen molar-refractivity contribution in [3.8, 4) is 22.1 Å². The van der Waals surface area contributed by atoms with Crippen LogP contribution in [0.4, 0.5) is 0 Å². The van der Waals surface area contributed by atoms with Crippen LogP contribution in [0.3, 0.4) is 0 Å². The van der Waals surface area contributed by atoms with Gasteiger partial charge in [-0.2, -0.15) is 0 Å². The molecule has 0 saturated carbocycles. The van der Waals surface area contributed by atoms with Gasteiger partial charge in [0.05, 0.1) is 5.02 Å². The fourth-order valence-corrected chi connectivity index (χ4v) is 3.46. The van der Waals surface area contributed by atoms with Crippen molar-refractivity contribution in [2.45, 2.75) is 19.9 Å². The Balaban J connectivity index is 1.92. The summed E-state index contributed by atoms with van der Waals surface area (Å²) in [5, 5.41) is 4.89. The van der Waals surface area contributed by atoms with E-state index in [2.05, 4.69) is 24.1 Å². The van der Waals surface area contributed by atoms with Crippen molar-refractivity contribution in [2.75, 3.05) is 19.8 Å². The first-order valence-corrected chi connectivity index (χ1v) is 8.17. The number of benzene rings is 1. The maximum atomic E-state index is 6.28. The molecule has 3 rings (SSSR count). The van der Waals surface area contributed by atoms with Crippen molar-refractivity contribution in [1.29, 1.82) is 0 Å². The molecule has 0 radical (unpaired) electrons. The SMILES string of the molecule is CCNC(C)c1cnc(-c2cc(Cl)c3c(c2)OCCO3)s1. The zero-order valence-corrected chi connectivity index (χ0v) is 13.6. The maximum absolute atomic E-state index is 6.28. The van der Waals surface area contributed by atoms with Gasteiger partial charge in [-0.1, -0.05) is 18.5 Å². The van der Waals surface area contributed by atoms with Crippen LogP contribution in [-0.2, 0) is 0 Å². The summed E-state index contributed by atoms with van der Waals surface area (Å²) in [6.45, 7) is 6.25. The van der Waals surface area contributed by atoms with Crippen molar-refractivity contribution in [2.24, 2.45) is 0 Å². The molecule has 6 heteroatoms. The first-order valence-electron chi connectivity index (χ1n) is 6.97. The van der Waals surface area contributed by atoms with Gasteiger partial charge in [0, 0.05) is 22.7 Å². The number of ether oxygens (including phenoxy) is 2. The van der Waals surface area contributed by atoms with Gasteiger partial charge in [0.2, 0.25) is 0 Å². The Hall–Kier alpha value is -1.30. The molecule has 2 heterocycles. The quantitative estimate of drug-likeness (QED) is 0.926. The summed E-state index contributed by atoms with van der Waals surface area (Å²) in [7, 11) is 0. The van der Waals surface area contributed by atoms with Crippen molar-refractivity contribution in [1.82, 2.24) is 10.3 Å². The molecule has 1 aliphatic rings. The lowest BCUT2D eigenvalue weighted by Crippen LogP contribution is -2.16. The van der Waals surface area contributed by atoms with Crippen LogP contribution in [0.5, 0.6) is 11.5 Å². The molecular weight excluding hydrogens is 308 g/mol. The zero-order chi connectivity index (χ0) is 14.8. The third-order valence-electron chi connectivity index (χ3n) is 3.30. The highest BCUT2D eigenvalue weighted by Gasteiger charge is 2.19. The number of aromatic nitrogens is 1. The van der Waals surface area contributed by atoms with Crippen LogP contribution in [0, 0.1) is 0 Å². The second-order valence-electron chi connectivity index (χ2n) is 4.83. The van der Waals surface area contributed by atoms with E-state index in [1.54, 1.807) is 11.3 Å². The molecule has 2 aromatic rings. The van der Waals surface area contributed by atoms with Gasteiger partial charge < -0.3 is 14.8 Å². The van der Waals surface area contributed by atoms with Gasteiger partial charge in [-0.15, -0.1) is 11.3 Å². The molecule has 1 N–H and O–H groups in total. The first kappa shape index (κ1) is 14.6. The number of halogens is 1. The summed E-state index contributed by atoms with van der Waals surface area (Å²) in [5.41, 5.74) is 0.962. The number of nitrogens with zero attached hydrogens (tertiary/aromatic N) is 1. The van der Waals surface area contributed by atoms with E-state index in [9.17, 15) is 0 Å². The molecule has 0 amide bonds. The van der Waals surface area contributed by atoms with Gasteiger partial charge in [0.25, 0.3) is 0 Å². The number of nitrogens with one attached hydrogen (secondary N) is 1. The molecule has 1 atom stereocenters. The molecule has 0 fully saturated rings. The predicted molar refractivity (Wildman–Crippen MR) is 85.6 cm³/mol. The molecular formula is C15H17ClN2O2S. The molecule has 1 aliphatic heterocycles. The highest BCUT2D eigenvalue weighted by molar-refractivity contribution is 7.15. The number of fused-ring (bicyclic) bond motifs is 1. The minimum atomic E-state index is 0.300. The smallest absolute Gasteiger partial charge is 0.179 e. The number of hydrogen-bond acceptors (Lipinski definition) is 5. The average molecular weight is 325 g/mol. The molecule has 0 aliphatic carbocycles. The van der Waals surface area contributed by atoms with Gasteiger partial charge in [-0.25, -0.2) is 4.98 Å². The first-order chi connectivity index (χ1) is 10.2. The summed E-state index contributed by atoms with van der Waals surface area (Å²) in [6, 6.07) is 4.13. The van der Waals surface area contributed by atoms with E-state index < -0.39 is 0 Å². The van der Waals surface area contributed by atoms with E-state index in [1.165, 1.54) is 4.88 Å². The zero-order valence-electron chi connectivity index (χ0n) is 12.0. The lowest BCUT2D eigenvalue weighted by Gasteiger charge is -2.19. The lowest BCUT2D eigenvalue weighted by molar-refractivity contribution is 0.172. The maximum Gasteiger partial charge on any atom is 0.179 e. The minimum absolute atomic E-state index is 0.300. The molecule has 1 unspecified atom stereocenters. The van der Waals surface area contributed by atoms with E-state index in [0.29, 0.717) is 35.8 Å². The molecule has 0 spiro atoms. The second-order valence-corrected chi connectivity index (χ2v) is 6.30. The van der Waals surface area contributed by atoms with Crippen LogP contribution in [0.25, 0.3) is 10.6 Å². The molecule has 112 valence electrons. The van der Waals surface area contributed by atoms with Gasteiger partial charge in [-0.05, 0) is 25.6 Å². The molecule has 1 aromatic heterocycles. The van der Waals surface area contributed by atoms with E-state index in [0.717, 1.165) is 17.1 Å². The Labute approximate surface area is 133 Å². The summed E-state index contributed by atoms with van der Waals surface area (Å²) < 4.78 is 11.2. The monoisotopic (exact) mass is 324 g/mol. The Bertz CT molecular complexity index is 645. The third-order valence-corrected chi connectivity index (χ3v) is 4.81. The fraction of sp³-hybridized carbons (Fsp3) is 0.400. The van der Waals surface area contributed by atoms with Crippen LogP contribution in [0.1, 0.15) is 24.8 Å². The highest BCUT2D eigenvalue weighted by atomic mass is 35.5. The summed E-state index contributed by atoms with van der Waals surface area (Å²) >= 11 is 7.94. The Morgan fingerprint density at radius 3 is 3.00 bits per heavy atom. The summed E-state index contributed by atoms with van der Waals surface area (Å²) in [5.74, 6) is 1.32. The average Bonchev–Trinajstić information content (AvgIpc) is 2.97. The van der Waals surface area contributed by atoms with Gasteiger partial charge >= 0.3 is 0 Å². The van der Waals surface area contributed by atoms with E-state index in [-0.39, 0.29) is 0 Å². The fourth-order valence-electron chi connectivity index (χ4n) is 2.26. The van der Waals surface area contributed by atoms with Gasteiger partial charge in [0.15, 0.2) is 11.5 Å². The minimum Gasteiger partial charge on any atom is -0.486 e. The Morgan fingerprint density at radius 2 is 2.19 bits per heavy atom. The van der Waals surface area contributed by atoms with Crippen LogP contribution in [0.2, 0.25) is 5.02 Å². The number of rotatable bonds is 4. The predicted octanol–water partition coefficient (Wildman–Crippen LogP) is 3.91. The molecule has 4 nitrogen and oxygen atoms in total. The number of hydrogen-bond donors (Lipinski definition) is 1. The van der Waals surface area contributed by atoms with E-state index >= 15 is 0 Å². The van der Waals surface area contributed by atoms with Crippen LogP contribution >= 0.6 is 22.9 Å². The normalized spacial score (nSPS) is 15.0. The van der Waals surface area contributed by atoms with Crippen LogP contribution in [0.15, 0.2) is 18.3 Å². The van der Waals surface area contributed by atoms with Crippen molar-refractivity contribution in [3.05, 3.63) is 28.2 Å². The van der Waals surface area contributed by atoms with Crippen LogP contribution < -0.4 is 14.8 Å². The van der Waals surface area contributed by atoms with Crippen molar-refractivity contribution < 1.29 is 9.47 Å². The second kappa shape index (κ2) is 6.22. The molecule has 21 heavy (non-hydrogen) atoms. The van der Waals surface area contributed by atoms with Gasteiger partial charge in [0.1, 0.15) is 18.2 Å². The molecule has 1 aromatic carbocycles. The van der Waals surface area contributed by atoms with E-state index in [4.69, 9.17) is 21.1 Å². The Kier molecular flexibility index (Phi) is 4.33. The van der Waals surface area contributed by atoms with Crippen molar-refractivity contribution in [3.63, 3.8) is 0 Å². The largest absolute Gasteiger partial charge is 0.486 e. The lowest BCUT2D eigenvalue weighted by atomic mass is 10.2. The molecule has 0 bridgehead atoms. The third kappa shape index (κ3) is 3.00. The molecule has 0 saturated heterocycles. The topological polar surface area (TPSA) is 43.4 Å². The standard InChI is InChI=1S/C15H17ClN2O2S/c1-3-17-9(2)13-8-18-15(21-13)10-6-11(16)14-12(7-10)19-4-5-20-14/h6-9,17H,3-5H2,1-2H3. The van der Waals surface area contributed by atoms with Crippen LogP contribution in [-0.4, -0.2) is 24.7 Å². The summed E-state index contributed by atoms with van der Waals surface area (Å²) in [6.07, 6.45) is 1.91. The highest BCUT2D eigenvalue weighted by Crippen LogP contribution is 2.42. The van der Waals surface area contributed by atoms with Gasteiger partial charge in [-0.3, -0.25) is 0 Å². The number of thiazole rings is 1. The summed E-state index contributed by atoms with van der Waals surface area (Å²) in [4.78, 5) is 5.71.